The van der Waals surface area contributed by atoms with Gasteiger partial charge >= 0.3 is 0 Å². The van der Waals surface area contributed by atoms with Gasteiger partial charge in [-0.2, -0.15) is 5.26 Å². The average molecular weight is 347 g/mol. The summed E-state index contributed by atoms with van der Waals surface area (Å²) in [6, 6.07) is 6.48. The minimum Gasteiger partial charge on any atom is -0.492 e. The Balaban J connectivity index is 2.75. The van der Waals surface area contributed by atoms with E-state index in [4.69, 9.17) is 15.1 Å². The Morgan fingerprint density at radius 3 is 2.58 bits per heavy atom. The van der Waals surface area contributed by atoms with Crippen LogP contribution in [0.1, 0.15) is 20.3 Å². The molecule has 0 heterocycles. The molecule has 0 atom stereocenters. The summed E-state index contributed by atoms with van der Waals surface area (Å²) in [7, 11) is -3.72. The highest BCUT2D eigenvalue weighted by molar-refractivity contribution is 9.10. The van der Waals surface area contributed by atoms with Gasteiger partial charge in [0.05, 0.1) is 27.5 Å². The fourth-order valence-electron chi connectivity index (χ4n) is 1.25. The van der Waals surface area contributed by atoms with Crippen LogP contribution in [0.5, 0.6) is 5.75 Å². The summed E-state index contributed by atoms with van der Waals surface area (Å²) in [5.74, 6) is 0.515. The van der Waals surface area contributed by atoms with Crippen LogP contribution in [0.25, 0.3) is 0 Å². The third kappa shape index (κ3) is 4.82. The first-order valence-corrected chi connectivity index (χ1v) is 7.86. The maximum Gasteiger partial charge on any atom is 0.238 e. The standard InChI is InChI=1S/C12H15BrN2O3S/c1-12(2,8-14)5-6-18-11-4-3-9(7-10(11)13)19(15,16)17/h3-4,7H,5-6H2,1-2H3,(H2,15,16,17). The van der Waals surface area contributed by atoms with Gasteiger partial charge in [0.1, 0.15) is 5.75 Å². The monoisotopic (exact) mass is 346 g/mol. The highest BCUT2D eigenvalue weighted by Crippen LogP contribution is 2.28. The number of halogens is 1. The number of hydrogen-bond donors (Lipinski definition) is 1. The number of primary sulfonamides is 1. The van der Waals surface area contributed by atoms with Gasteiger partial charge in [-0.1, -0.05) is 0 Å². The molecule has 1 rings (SSSR count). The van der Waals surface area contributed by atoms with Gasteiger partial charge in [0.15, 0.2) is 0 Å². The molecule has 1 aromatic rings. The fourth-order valence-corrected chi connectivity index (χ4v) is 2.43. The van der Waals surface area contributed by atoms with E-state index in [1.807, 2.05) is 13.8 Å². The second-order valence-electron chi connectivity index (χ2n) is 4.73. The summed E-state index contributed by atoms with van der Waals surface area (Å²) in [6.45, 7) is 4.03. The van der Waals surface area contributed by atoms with Gasteiger partial charge in [0.2, 0.25) is 10.0 Å². The molecule has 0 radical (unpaired) electrons. The Hall–Kier alpha value is -1.10. The van der Waals surface area contributed by atoms with Crippen LogP contribution in [-0.4, -0.2) is 15.0 Å². The first kappa shape index (κ1) is 16.0. The Morgan fingerprint density at radius 1 is 1.47 bits per heavy atom. The number of rotatable bonds is 5. The van der Waals surface area contributed by atoms with E-state index in [9.17, 15) is 8.42 Å². The number of sulfonamides is 1. The lowest BCUT2D eigenvalue weighted by Crippen LogP contribution is -2.14. The van der Waals surface area contributed by atoms with E-state index in [1.54, 1.807) is 0 Å². The lowest BCUT2D eigenvalue weighted by Gasteiger charge is -2.16. The minimum absolute atomic E-state index is 0.0177. The van der Waals surface area contributed by atoms with Gasteiger partial charge in [0, 0.05) is 0 Å². The number of ether oxygens (including phenoxy) is 1. The fraction of sp³-hybridized carbons (Fsp3) is 0.417. The van der Waals surface area contributed by atoms with Gasteiger partial charge in [-0.15, -0.1) is 0 Å². The van der Waals surface area contributed by atoms with Crippen molar-refractivity contribution in [1.29, 1.82) is 5.26 Å². The second-order valence-corrected chi connectivity index (χ2v) is 7.15. The Morgan fingerprint density at radius 2 is 2.11 bits per heavy atom. The normalized spacial score (nSPS) is 11.9. The molecule has 5 nitrogen and oxygen atoms in total. The van der Waals surface area contributed by atoms with Crippen LogP contribution in [0.3, 0.4) is 0 Å². The molecular formula is C12H15BrN2O3S. The number of nitrogens with zero attached hydrogens (tertiary/aromatic N) is 1. The molecule has 0 aliphatic heterocycles. The van der Waals surface area contributed by atoms with Gasteiger partial charge in [-0.05, 0) is 54.4 Å². The maximum absolute atomic E-state index is 11.2. The van der Waals surface area contributed by atoms with Gasteiger partial charge < -0.3 is 4.74 Å². The molecule has 0 saturated carbocycles. The summed E-state index contributed by atoms with van der Waals surface area (Å²) in [5.41, 5.74) is -0.451. The topological polar surface area (TPSA) is 93.2 Å². The van der Waals surface area contributed by atoms with Crippen LogP contribution < -0.4 is 9.88 Å². The number of nitrogens with two attached hydrogens (primary N) is 1. The third-order valence-electron chi connectivity index (χ3n) is 2.52. The molecule has 0 saturated heterocycles. The van der Waals surface area contributed by atoms with Crippen molar-refractivity contribution in [2.75, 3.05) is 6.61 Å². The lowest BCUT2D eigenvalue weighted by molar-refractivity contribution is 0.263. The molecule has 2 N–H and O–H groups in total. The molecule has 0 bridgehead atoms. The zero-order chi connectivity index (χ0) is 14.7. The van der Waals surface area contributed by atoms with Crippen LogP contribution in [-0.2, 0) is 10.0 Å². The SMILES string of the molecule is CC(C)(C#N)CCOc1ccc(S(N)(=O)=O)cc1Br. The Bertz CT molecular complexity index is 606. The van der Waals surface area contributed by atoms with Crippen molar-refractivity contribution in [1.82, 2.24) is 0 Å². The van der Waals surface area contributed by atoms with Crippen molar-refractivity contribution in [3.63, 3.8) is 0 Å². The van der Waals surface area contributed by atoms with Gasteiger partial charge in [-0.3, -0.25) is 0 Å². The second kappa shape index (κ2) is 5.90. The number of hydrogen-bond acceptors (Lipinski definition) is 4. The van der Waals surface area contributed by atoms with Gasteiger partial charge in [-0.25, -0.2) is 13.6 Å². The molecule has 104 valence electrons. The average Bonchev–Trinajstić information content (AvgIpc) is 2.30. The maximum atomic E-state index is 11.2. The first-order chi connectivity index (χ1) is 8.65. The molecule has 0 aliphatic carbocycles. The summed E-state index contributed by atoms with van der Waals surface area (Å²) >= 11 is 3.23. The molecule has 0 aromatic heterocycles. The predicted molar refractivity (Wildman–Crippen MR) is 75.0 cm³/mol. The Kier molecular flexibility index (Phi) is 4.96. The van der Waals surface area contributed by atoms with Crippen molar-refractivity contribution >= 4 is 26.0 Å². The molecule has 0 unspecified atom stereocenters. The predicted octanol–water partition coefficient (Wildman–Crippen LogP) is 2.42. The summed E-state index contributed by atoms with van der Waals surface area (Å²) in [6.07, 6.45) is 0.576. The molecule has 0 aliphatic rings. The quantitative estimate of drug-likeness (QED) is 0.885. The van der Waals surface area contributed by atoms with E-state index in [0.717, 1.165) is 0 Å². The highest BCUT2D eigenvalue weighted by atomic mass is 79.9. The molecule has 0 amide bonds. The molecule has 19 heavy (non-hydrogen) atoms. The van der Waals surface area contributed by atoms with Crippen molar-refractivity contribution < 1.29 is 13.2 Å². The van der Waals surface area contributed by atoms with Crippen molar-refractivity contribution in [2.45, 2.75) is 25.2 Å². The number of nitriles is 1. The van der Waals surface area contributed by atoms with E-state index in [2.05, 4.69) is 22.0 Å². The summed E-state index contributed by atoms with van der Waals surface area (Å²) < 4.78 is 28.3. The van der Waals surface area contributed by atoms with E-state index < -0.39 is 15.4 Å². The highest BCUT2D eigenvalue weighted by Gasteiger charge is 2.17. The van der Waals surface area contributed by atoms with Crippen LogP contribution in [0.2, 0.25) is 0 Å². The van der Waals surface area contributed by atoms with Crippen LogP contribution >= 0.6 is 15.9 Å². The third-order valence-corrected chi connectivity index (χ3v) is 4.05. The summed E-state index contributed by atoms with van der Waals surface area (Å²) in [4.78, 5) is 0.0177. The van der Waals surface area contributed by atoms with Crippen LogP contribution in [0, 0.1) is 16.7 Å². The van der Waals surface area contributed by atoms with E-state index in [0.29, 0.717) is 23.2 Å². The lowest BCUT2D eigenvalue weighted by atomic mass is 9.92. The first-order valence-electron chi connectivity index (χ1n) is 5.52. The zero-order valence-electron chi connectivity index (χ0n) is 10.7. The molecule has 7 heteroatoms. The van der Waals surface area contributed by atoms with Crippen LogP contribution in [0.4, 0.5) is 0 Å². The molecular weight excluding hydrogens is 332 g/mol. The molecule has 0 spiro atoms. The van der Waals surface area contributed by atoms with E-state index in [1.165, 1.54) is 18.2 Å². The molecule has 1 aromatic carbocycles. The largest absolute Gasteiger partial charge is 0.492 e. The van der Waals surface area contributed by atoms with E-state index in [-0.39, 0.29) is 4.90 Å². The minimum atomic E-state index is -3.72. The van der Waals surface area contributed by atoms with Crippen molar-refractivity contribution in [3.8, 4) is 11.8 Å². The van der Waals surface area contributed by atoms with Gasteiger partial charge in [0.25, 0.3) is 0 Å². The van der Waals surface area contributed by atoms with Crippen molar-refractivity contribution in [2.24, 2.45) is 10.6 Å². The van der Waals surface area contributed by atoms with Crippen LogP contribution in [0.15, 0.2) is 27.6 Å². The van der Waals surface area contributed by atoms with E-state index >= 15 is 0 Å². The van der Waals surface area contributed by atoms with Crippen molar-refractivity contribution in [3.05, 3.63) is 22.7 Å². The smallest absolute Gasteiger partial charge is 0.238 e. The number of benzene rings is 1. The zero-order valence-corrected chi connectivity index (χ0v) is 13.1. The Labute approximate surface area is 121 Å². The summed E-state index contributed by atoms with van der Waals surface area (Å²) in [5, 5.41) is 13.9. The molecule has 0 fully saturated rings.